The number of hydrogen-bond donors (Lipinski definition) is 0. The second kappa shape index (κ2) is 6.75. The van der Waals surface area contributed by atoms with E-state index in [1.807, 2.05) is 29.2 Å². The molecule has 0 saturated carbocycles. The van der Waals surface area contributed by atoms with Gasteiger partial charge in [-0.25, -0.2) is 9.97 Å². The van der Waals surface area contributed by atoms with Crippen molar-refractivity contribution in [2.75, 3.05) is 13.1 Å². The minimum absolute atomic E-state index is 0.173. The first kappa shape index (κ1) is 17.8. The lowest BCUT2D eigenvalue weighted by Gasteiger charge is -2.33. The number of ether oxygens (including phenoxy) is 1. The lowest BCUT2D eigenvalue weighted by Crippen LogP contribution is -2.47. The Morgan fingerprint density at radius 2 is 2.23 bits per heavy atom. The molecule has 0 aliphatic carbocycles. The zero-order valence-electron chi connectivity index (χ0n) is 16.3. The van der Waals surface area contributed by atoms with Crippen molar-refractivity contribution >= 4 is 38.7 Å². The molecule has 2 atom stereocenters. The van der Waals surface area contributed by atoms with Gasteiger partial charge in [0.25, 0.3) is 5.19 Å². The minimum Gasteiger partial charge on any atom is -0.458 e. The molecule has 2 aliphatic rings. The third-order valence-electron chi connectivity index (χ3n) is 5.86. The molecule has 152 valence electrons. The van der Waals surface area contributed by atoms with Crippen molar-refractivity contribution in [2.24, 2.45) is 0 Å². The highest BCUT2D eigenvalue weighted by atomic mass is 32.1. The van der Waals surface area contributed by atoms with Gasteiger partial charge in [-0.2, -0.15) is 4.98 Å². The van der Waals surface area contributed by atoms with E-state index < -0.39 is 0 Å². The quantitative estimate of drug-likeness (QED) is 0.499. The fourth-order valence-electron chi connectivity index (χ4n) is 4.51. The normalized spacial score (nSPS) is 21.2. The molecule has 0 aromatic carbocycles. The van der Waals surface area contributed by atoms with E-state index in [1.165, 1.54) is 11.3 Å². The summed E-state index contributed by atoms with van der Waals surface area (Å²) in [5.74, 6) is 1.63. The van der Waals surface area contributed by atoms with Crippen molar-refractivity contribution in [2.45, 2.75) is 32.0 Å². The Morgan fingerprint density at radius 1 is 1.30 bits per heavy atom. The molecule has 8 nitrogen and oxygen atoms in total. The first-order valence-corrected chi connectivity index (χ1v) is 10.7. The molecule has 4 aromatic heterocycles. The van der Waals surface area contributed by atoms with E-state index in [2.05, 4.69) is 19.9 Å². The van der Waals surface area contributed by atoms with Crippen LogP contribution in [0, 0.1) is 0 Å². The number of hydrogen-bond acceptors (Lipinski definition) is 8. The van der Waals surface area contributed by atoms with Gasteiger partial charge in [-0.15, -0.1) is 0 Å². The molecule has 1 amide bonds. The number of furan rings is 1. The first-order chi connectivity index (χ1) is 14.6. The van der Waals surface area contributed by atoms with Gasteiger partial charge in [-0.05, 0) is 18.6 Å². The summed E-state index contributed by atoms with van der Waals surface area (Å²) >= 11 is 1.44. The number of fused-ring (bicyclic) bond motifs is 4. The van der Waals surface area contributed by atoms with Crippen molar-refractivity contribution in [1.82, 2.24) is 24.8 Å². The van der Waals surface area contributed by atoms with Crippen molar-refractivity contribution in [1.29, 1.82) is 0 Å². The number of carbonyl (C=O) groups excluding carboxylic acids is 1. The van der Waals surface area contributed by atoms with Gasteiger partial charge < -0.3 is 14.1 Å². The number of likely N-dealkylation sites (tertiary alicyclic amines) is 2. The fourth-order valence-corrected chi connectivity index (χ4v) is 5.30. The lowest BCUT2D eigenvalue weighted by atomic mass is 10.2. The van der Waals surface area contributed by atoms with Crippen LogP contribution >= 0.6 is 11.3 Å². The Bertz CT molecular complexity index is 1230. The third-order valence-corrected chi connectivity index (χ3v) is 6.75. The zero-order valence-corrected chi connectivity index (χ0v) is 17.1. The van der Waals surface area contributed by atoms with Crippen LogP contribution in [0.4, 0.5) is 0 Å². The van der Waals surface area contributed by atoms with Crippen molar-refractivity contribution in [3.05, 3.63) is 42.4 Å². The number of piperazine rings is 1. The number of rotatable bonds is 4. The molecule has 2 bridgehead atoms. The maximum atomic E-state index is 11.7. The van der Waals surface area contributed by atoms with Gasteiger partial charge in [0, 0.05) is 50.4 Å². The summed E-state index contributed by atoms with van der Waals surface area (Å²) < 4.78 is 12.9. The van der Waals surface area contributed by atoms with Crippen LogP contribution in [-0.2, 0) is 11.3 Å². The van der Waals surface area contributed by atoms with E-state index in [9.17, 15) is 4.79 Å². The van der Waals surface area contributed by atoms with Gasteiger partial charge in [0.15, 0.2) is 17.0 Å². The Hall–Kier alpha value is -3.04. The minimum atomic E-state index is 0.173. The van der Waals surface area contributed by atoms with E-state index in [-0.39, 0.29) is 5.91 Å². The summed E-state index contributed by atoms with van der Waals surface area (Å²) in [4.78, 5) is 29.2. The molecule has 0 spiro atoms. The molecule has 2 aliphatic heterocycles. The summed E-state index contributed by atoms with van der Waals surface area (Å²) in [5.41, 5.74) is 2.17. The van der Waals surface area contributed by atoms with Crippen LogP contribution < -0.4 is 4.74 Å². The van der Waals surface area contributed by atoms with E-state index in [1.54, 1.807) is 19.3 Å². The Labute approximate surface area is 176 Å². The number of aromatic nitrogens is 3. The van der Waals surface area contributed by atoms with Gasteiger partial charge >= 0.3 is 0 Å². The average Bonchev–Trinajstić information content (AvgIpc) is 3.49. The SMILES string of the molecule is CC(=O)N1C[C@@H]2C[C@H]1CN2Cc1cc2ncc(Oc3nc4ncccc4s3)cc2o1. The van der Waals surface area contributed by atoms with Crippen LogP contribution in [0.5, 0.6) is 10.9 Å². The number of pyridine rings is 2. The van der Waals surface area contributed by atoms with Crippen LogP contribution in [0.3, 0.4) is 0 Å². The maximum Gasteiger partial charge on any atom is 0.281 e. The predicted octanol–water partition coefficient (Wildman–Crippen LogP) is 3.43. The average molecular weight is 421 g/mol. The molecule has 4 aromatic rings. The molecule has 6 rings (SSSR count). The van der Waals surface area contributed by atoms with Gasteiger partial charge in [-0.3, -0.25) is 9.69 Å². The summed E-state index contributed by atoms with van der Waals surface area (Å²) in [7, 11) is 0. The third kappa shape index (κ3) is 3.01. The highest BCUT2D eigenvalue weighted by molar-refractivity contribution is 7.20. The maximum absolute atomic E-state index is 11.7. The number of nitrogens with zero attached hydrogens (tertiary/aromatic N) is 5. The standard InChI is InChI=1S/C21H19N5O3S/c1-12(27)26-10-13-5-14(26)9-25(13)11-16-6-17-18(28-16)7-15(8-23-17)29-21-24-20-19(30-21)3-2-4-22-20/h2-4,6-8,13-14H,5,9-11H2,1H3/t13-,14-/m0/s1. The smallest absolute Gasteiger partial charge is 0.281 e. The molecular formula is C21H19N5O3S. The molecular weight excluding hydrogens is 402 g/mol. The van der Waals surface area contributed by atoms with Gasteiger partial charge in [0.1, 0.15) is 11.3 Å². The molecule has 2 fully saturated rings. The highest BCUT2D eigenvalue weighted by Gasteiger charge is 2.44. The van der Waals surface area contributed by atoms with E-state index in [0.29, 0.717) is 34.3 Å². The van der Waals surface area contributed by atoms with Crippen LogP contribution in [0.1, 0.15) is 19.1 Å². The summed E-state index contributed by atoms with van der Waals surface area (Å²) in [5, 5.41) is 0.528. The van der Waals surface area contributed by atoms with Crippen LogP contribution in [0.15, 0.2) is 41.1 Å². The molecule has 2 saturated heterocycles. The fraction of sp³-hybridized carbons (Fsp3) is 0.333. The summed E-state index contributed by atoms with van der Waals surface area (Å²) in [6.07, 6.45) is 4.45. The second-order valence-corrected chi connectivity index (χ2v) is 8.81. The second-order valence-electron chi connectivity index (χ2n) is 7.82. The summed E-state index contributed by atoms with van der Waals surface area (Å²) in [6, 6.07) is 8.42. The lowest BCUT2D eigenvalue weighted by molar-refractivity contribution is -0.131. The van der Waals surface area contributed by atoms with E-state index in [0.717, 1.165) is 42.0 Å². The van der Waals surface area contributed by atoms with Gasteiger partial charge in [0.05, 0.1) is 17.4 Å². The largest absolute Gasteiger partial charge is 0.458 e. The molecule has 0 unspecified atom stereocenters. The van der Waals surface area contributed by atoms with Gasteiger partial charge in [-0.1, -0.05) is 11.3 Å². The van der Waals surface area contributed by atoms with E-state index in [4.69, 9.17) is 9.15 Å². The molecule has 0 N–H and O–H groups in total. The van der Waals surface area contributed by atoms with E-state index >= 15 is 0 Å². The van der Waals surface area contributed by atoms with Crippen molar-refractivity contribution in [3.63, 3.8) is 0 Å². The zero-order chi connectivity index (χ0) is 20.2. The number of thiazole rings is 1. The van der Waals surface area contributed by atoms with Crippen molar-refractivity contribution in [3.8, 4) is 10.9 Å². The van der Waals surface area contributed by atoms with Crippen LogP contribution in [0.2, 0.25) is 0 Å². The summed E-state index contributed by atoms with van der Waals surface area (Å²) in [6.45, 7) is 4.09. The van der Waals surface area contributed by atoms with Crippen LogP contribution in [0.25, 0.3) is 21.4 Å². The Morgan fingerprint density at radius 3 is 3.03 bits per heavy atom. The van der Waals surface area contributed by atoms with Gasteiger partial charge in [0.2, 0.25) is 5.91 Å². The number of amides is 1. The monoisotopic (exact) mass is 421 g/mol. The predicted molar refractivity (Wildman–Crippen MR) is 111 cm³/mol. The molecule has 30 heavy (non-hydrogen) atoms. The Balaban J connectivity index is 1.19. The Kier molecular flexibility index (Phi) is 4.00. The van der Waals surface area contributed by atoms with Crippen LogP contribution in [-0.4, -0.2) is 55.8 Å². The topological polar surface area (TPSA) is 84.6 Å². The van der Waals surface area contributed by atoms with Crippen molar-refractivity contribution < 1.29 is 13.9 Å². The molecule has 0 radical (unpaired) electrons. The molecule has 9 heteroatoms. The number of carbonyl (C=O) groups is 1. The molecule has 6 heterocycles. The first-order valence-electron chi connectivity index (χ1n) is 9.91. The highest BCUT2D eigenvalue weighted by Crippen LogP contribution is 2.34.